The Hall–Kier alpha value is -1.79. The van der Waals surface area contributed by atoms with Crippen LogP contribution < -0.4 is 4.90 Å². The molecule has 0 bridgehead atoms. The van der Waals surface area contributed by atoms with E-state index in [1.165, 1.54) is 6.33 Å². The first-order chi connectivity index (χ1) is 8.05. The summed E-state index contributed by atoms with van der Waals surface area (Å²) in [4.78, 5) is 12.6. The van der Waals surface area contributed by atoms with E-state index in [0.717, 1.165) is 5.39 Å². The van der Waals surface area contributed by atoms with Gasteiger partial charge in [0.2, 0.25) is 0 Å². The molecule has 0 saturated carbocycles. The number of aromatic nitrogens is 3. The number of fused-ring (bicyclic) bond motifs is 1. The molecule has 0 aromatic carbocycles. The second kappa shape index (κ2) is 3.35. The Bertz CT molecular complexity index is 542. The van der Waals surface area contributed by atoms with E-state index in [0.29, 0.717) is 11.5 Å². The van der Waals surface area contributed by atoms with E-state index in [4.69, 9.17) is 0 Å². The van der Waals surface area contributed by atoms with Crippen LogP contribution in [-0.2, 0) is 0 Å². The highest BCUT2D eigenvalue weighted by Gasteiger charge is 2.47. The number of nitrogens with zero attached hydrogens (tertiary/aromatic N) is 3. The van der Waals surface area contributed by atoms with Crippen LogP contribution in [0.15, 0.2) is 18.6 Å². The highest BCUT2D eigenvalue weighted by molar-refractivity contribution is 5.87. The van der Waals surface area contributed by atoms with Crippen LogP contribution in [0.3, 0.4) is 0 Å². The maximum Gasteiger partial charge on any atom is 0.395 e. The van der Waals surface area contributed by atoms with E-state index in [9.17, 15) is 13.2 Å². The van der Waals surface area contributed by atoms with E-state index < -0.39 is 12.1 Å². The second-order valence-electron chi connectivity index (χ2n) is 4.08. The minimum absolute atomic E-state index is 0.0270. The molecule has 2 aromatic heterocycles. The van der Waals surface area contributed by atoms with Crippen molar-refractivity contribution in [3.8, 4) is 0 Å². The third kappa shape index (κ3) is 1.62. The Morgan fingerprint density at radius 2 is 2.06 bits per heavy atom. The molecule has 2 aromatic rings. The van der Waals surface area contributed by atoms with Gasteiger partial charge in [0, 0.05) is 19.3 Å². The largest absolute Gasteiger partial charge is 0.395 e. The summed E-state index contributed by atoms with van der Waals surface area (Å²) >= 11 is 0. The summed E-state index contributed by atoms with van der Waals surface area (Å²) in [5.41, 5.74) is 0.644. The van der Waals surface area contributed by atoms with Gasteiger partial charge >= 0.3 is 6.18 Å². The van der Waals surface area contributed by atoms with Crippen molar-refractivity contribution in [3.63, 3.8) is 0 Å². The Balaban J connectivity index is 1.85. The Morgan fingerprint density at radius 1 is 1.29 bits per heavy atom. The number of aromatic amines is 1. The van der Waals surface area contributed by atoms with Crippen molar-refractivity contribution < 1.29 is 13.2 Å². The normalized spacial score (nSPS) is 17.5. The van der Waals surface area contributed by atoms with Crippen LogP contribution in [0, 0.1) is 5.92 Å². The summed E-state index contributed by atoms with van der Waals surface area (Å²) in [6.45, 7) is -0.0540. The van der Waals surface area contributed by atoms with Gasteiger partial charge in [-0.05, 0) is 6.07 Å². The fraction of sp³-hybridized carbons (Fsp3) is 0.400. The molecular weight excluding hydrogens is 233 g/mol. The molecule has 0 amide bonds. The van der Waals surface area contributed by atoms with Gasteiger partial charge in [-0.3, -0.25) is 0 Å². The smallest absolute Gasteiger partial charge is 0.355 e. The van der Waals surface area contributed by atoms with Crippen molar-refractivity contribution >= 4 is 16.9 Å². The van der Waals surface area contributed by atoms with Gasteiger partial charge in [-0.1, -0.05) is 0 Å². The molecule has 17 heavy (non-hydrogen) atoms. The molecule has 1 aliphatic rings. The van der Waals surface area contributed by atoms with Crippen molar-refractivity contribution in [2.75, 3.05) is 18.0 Å². The molecule has 0 radical (unpaired) electrons. The zero-order valence-corrected chi connectivity index (χ0v) is 8.70. The number of halogens is 3. The number of rotatable bonds is 1. The SMILES string of the molecule is FC(F)(F)C1CN(c2ncnc3[nH]ccc23)C1. The van der Waals surface area contributed by atoms with Crippen LogP contribution in [-0.4, -0.2) is 34.2 Å². The summed E-state index contributed by atoms with van der Waals surface area (Å²) in [6, 6.07) is 1.77. The quantitative estimate of drug-likeness (QED) is 0.831. The molecule has 0 unspecified atom stereocenters. The highest BCUT2D eigenvalue weighted by Crippen LogP contribution is 2.37. The fourth-order valence-electron chi connectivity index (χ4n) is 1.97. The van der Waals surface area contributed by atoms with Crippen LogP contribution in [0.1, 0.15) is 0 Å². The third-order valence-electron chi connectivity index (χ3n) is 2.98. The summed E-state index contributed by atoms with van der Waals surface area (Å²) in [5, 5.41) is 0.758. The van der Waals surface area contributed by atoms with Crippen molar-refractivity contribution in [1.29, 1.82) is 0 Å². The monoisotopic (exact) mass is 242 g/mol. The summed E-state index contributed by atoms with van der Waals surface area (Å²) in [7, 11) is 0. The summed E-state index contributed by atoms with van der Waals surface area (Å²) < 4.78 is 37.1. The molecule has 0 spiro atoms. The van der Waals surface area contributed by atoms with E-state index in [1.54, 1.807) is 17.2 Å². The maximum atomic E-state index is 12.4. The molecule has 1 aliphatic heterocycles. The van der Waals surface area contributed by atoms with Gasteiger partial charge in [0.1, 0.15) is 17.8 Å². The molecule has 3 rings (SSSR count). The van der Waals surface area contributed by atoms with E-state index >= 15 is 0 Å². The van der Waals surface area contributed by atoms with Crippen molar-refractivity contribution in [2.45, 2.75) is 6.18 Å². The molecule has 1 saturated heterocycles. The van der Waals surface area contributed by atoms with Gasteiger partial charge in [-0.25, -0.2) is 9.97 Å². The lowest BCUT2D eigenvalue weighted by atomic mass is 9.99. The number of hydrogen-bond donors (Lipinski definition) is 1. The zero-order chi connectivity index (χ0) is 12.0. The summed E-state index contributed by atoms with van der Waals surface area (Å²) in [6.07, 6.45) is -1.06. The molecule has 90 valence electrons. The average Bonchev–Trinajstić information content (AvgIpc) is 2.61. The maximum absolute atomic E-state index is 12.4. The van der Waals surface area contributed by atoms with E-state index in [-0.39, 0.29) is 13.1 Å². The fourth-order valence-corrected chi connectivity index (χ4v) is 1.97. The van der Waals surface area contributed by atoms with Crippen molar-refractivity contribution in [1.82, 2.24) is 15.0 Å². The topological polar surface area (TPSA) is 44.8 Å². The van der Waals surface area contributed by atoms with Crippen molar-refractivity contribution in [2.24, 2.45) is 5.92 Å². The predicted molar refractivity (Wildman–Crippen MR) is 55.6 cm³/mol. The number of hydrogen-bond acceptors (Lipinski definition) is 3. The number of anilines is 1. The van der Waals surface area contributed by atoms with Gasteiger partial charge < -0.3 is 9.88 Å². The lowest BCUT2D eigenvalue weighted by Gasteiger charge is -2.40. The Morgan fingerprint density at radius 3 is 2.76 bits per heavy atom. The molecule has 0 atom stereocenters. The molecule has 1 N–H and O–H groups in total. The van der Waals surface area contributed by atoms with Gasteiger partial charge in [-0.15, -0.1) is 0 Å². The lowest BCUT2D eigenvalue weighted by molar-refractivity contribution is -0.180. The minimum atomic E-state index is -4.11. The van der Waals surface area contributed by atoms with E-state index in [1.807, 2.05) is 0 Å². The molecule has 7 heteroatoms. The second-order valence-corrected chi connectivity index (χ2v) is 4.08. The standard InChI is InChI=1S/C10H9F3N4/c11-10(12,13)6-3-17(4-6)9-7-1-2-14-8(7)15-5-16-9/h1-2,5-6H,3-4H2,(H,14,15,16). The zero-order valence-electron chi connectivity index (χ0n) is 8.70. The Labute approximate surface area is 94.5 Å². The van der Waals surface area contributed by atoms with Crippen LogP contribution in [0.4, 0.5) is 19.0 Å². The molecule has 3 heterocycles. The lowest BCUT2D eigenvalue weighted by Crippen LogP contribution is -2.53. The first kappa shape index (κ1) is 10.4. The number of H-pyrrole nitrogens is 1. The van der Waals surface area contributed by atoms with Crippen LogP contribution in [0.2, 0.25) is 0 Å². The van der Waals surface area contributed by atoms with Gasteiger partial charge in [-0.2, -0.15) is 13.2 Å². The third-order valence-corrected chi connectivity index (χ3v) is 2.98. The van der Waals surface area contributed by atoms with Crippen LogP contribution in [0.5, 0.6) is 0 Å². The molecule has 1 fully saturated rings. The molecular formula is C10H9F3N4. The van der Waals surface area contributed by atoms with Gasteiger partial charge in [0.05, 0.1) is 11.3 Å². The van der Waals surface area contributed by atoms with Gasteiger partial charge in [0.25, 0.3) is 0 Å². The van der Waals surface area contributed by atoms with Crippen molar-refractivity contribution in [3.05, 3.63) is 18.6 Å². The summed E-state index contributed by atoms with van der Waals surface area (Å²) in [5.74, 6) is -0.678. The van der Waals surface area contributed by atoms with Gasteiger partial charge in [0.15, 0.2) is 0 Å². The molecule has 4 nitrogen and oxygen atoms in total. The average molecular weight is 242 g/mol. The van der Waals surface area contributed by atoms with Crippen LogP contribution >= 0.6 is 0 Å². The first-order valence-electron chi connectivity index (χ1n) is 5.15. The van der Waals surface area contributed by atoms with Crippen LogP contribution in [0.25, 0.3) is 11.0 Å². The highest BCUT2D eigenvalue weighted by atomic mass is 19.4. The van der Waals surface area contributed by atoms with E-state index in [2.05, 4.69) is 15.0 Å². The number of alkyl halides is 3. The molecule has 0 aliphatic carbocycles. The number of nitrogens with one attached hydrogen (secondary N) is 1. The predicted octanol–water partition coefficient (Wildman–Crippen LogP) is 1.96. The Kier molecular flexibility index (Phi) is 2.04. The first-order valence-corrected chi connectivity index (χ1v) is 5.15. The minimum Gasteiger partial charge on any atom is -0.355 e.